The molecule has 0 aliphatic heterocycles. The molecular weight excluding hydrogens is 270 g/mol. The van der Waals surface area contributed by atoms with E-state index in [1.165, 1.54) is 16.7 Å². The smallest absolute Gasteiger partial charge is 0.211 e. The van der Waals surface area contributed by atoms with Gasteiger partial charge in [0, 0.05) is 12.5 Å². The standard InChI is InChI=1S/C16H15NO2S/c18-20(19,14-4-2-1-3-5-14)17-10-13-9-12-8-11-6-7-15(12)16(11)13/h1-8,13,16-17H,9-10H2. The van der Waals surface area contributed by atoms with Crippen molar-refractivity contribution in [3.05, 3.63) is 65.3 Å². The molecule has 0 saturated carbocycles. The fourth-order valence-corrected chi connectivity index (χ4v) is 4.61. The number of sulfonamides is 1. The van der Waals surface area contributed by atoms with Gasteiger partial charge in [-0.15, -0.1) is 0 Å². The lowest BCUT2D eigenvalue weighted by atomic mass is 9.86. The van der Waals surface area contributed by atoms with Crippen LogP contribution in [0.25, 0.3) is 0 Å². The molecule has 2 unspecified atom stereocenters. The minimum atomic E-state index is -3.39. The molecule has 0 amide bonds. The van der Waals surface area contributed by atoms with E-state index in [0.717, 1.165) is 6.42 Å². The first-order valence-corrected chi connectivity index (χ1v) is 8.31. The molecule has 4 bridgehead atoms. The molecule has 0 fully saturated rings. The second-order valence-corrected chi connectivity index (χ2v) is 7.33. The molecule has 0 aromatic heterocycles. The maximum atomic E-state index is 12.2. The fraction of sp³-hybridized carbons (Fsp3) is 0.250. The summed E-state index contributed by atoms with van der Waals surface area (Å²) >= 11 is 0. The van der Waals surface area contributed by atoms with E-state index in [2.05, 4.69) is 23.0 Å². The van der Waals surface area contributed by atoms with Crippen LogP contribution in [0.15, 0.2) is 70.2 Å². The normalized spacial score (nSPS) is 26.5. The van der Waals surface area contributed by atoms with Crippen molar-refractivity contribution < 1.29 is 8.42 Å². The Kier molecular flexibility index (Phi) is 2.53. The molecule has 3 nitrogen and oxygen atoms in total. The molecule has 2 atom stereocenters. The summed E-state index contributed by atoms with van der Waals surface area (Å²) in [5.74, 6) is 0.803. The highest BCUT2D eigenvalue weighted by molar-refractivity contribution is 7.89. The van der Waals surface area contributed by atoms with Gasteiger partial charge >= 0.3 is 0 Å². The molecule has 1 aromatic carbocycles. The molecule has 0 heterocycles. The molecule has 4 rings (SSSR count). The summed E-state index contributed by atoms with van der Waals surface area (Å²) in [6.07, 6.45) is 7.58. The molecule has 0 radical (unpaired) electrons. The van der Waals surface area contributed by atoms with Crippen LogP contribution in [-0.4, -0.2) is 15.0 Å². The van der Waals surface area contributed by atoms with E-state index >= 15 is 0 Å². The van der Waals surface area contributed by atoms with Crippen LogP contribution in [0.3, 0.4) is 0 Å². The van der Waals surface area contributed by atoms with Crippen LogP contribution in [0.4, 0.5) is 0 Å². The third-order valence-corrected chi connectivity index (χ3v) is 5.84. The quantitative estimate of drug-likeness (QED) is 0.923. The van der Waals surface area contributed by atoms with Crippen LogP contribution in [0, 0.1) is 11.8 Å². The van der Waals surface area contributed by atoms with Crippen molar-refractivity contribution in [2.75, 3.05) is 6.54 Å². The summed E-state index contributed by atoms with van der Waals surface area (Å²) in [6, 6.07) is 8.55. The van der Waals surface area contributed by atoms with Crippen LogP contribution >= 0.6 is 0 Å². The Labute approximate surface area is 118 Å². The largest absolute Gasteiger partial charge is 0.240 e. The van der Waals surface area contributed by atoms with Crippen LogP contribution in [0.1, 0.15) is 6.42 Å². The Hall–Kier alpha value is -1.65. The molecule has 0 saturated heterocycles. The van der Waals surface area contributed by atoms with Crippen molar-refractivity contribution in [1.29, 1.82) is 0 Å². The lowest BCUT2D eigenvalue weighted by Crippen LogP contribution is -2.32. The maximum Gasteiger partial charge on any atom is 0.240 e. The first-order valence-electron chi connectivity index (χ1n) is 6.82. The fourth-order valence-electron chi connectivity index (χ4n) is 3.50. The van der Waals surface area contributed by atoms with E-state index in [1.807, 2.05) is 6.07 Å². The van der Waals surface area contributed by atoms with Gasteiger partial charge in [-0.2, -0.15) is 0 Å². The molecule has 4 heteroatoms. The number of rotatable bonds is 4. The summed E-state index contributed by atoms with van der Waals surface area (Å²) in [4.78, 5) is 0.337. The van der Waals surface area contributed by atoms with Crippen LogP contribution in [0.5, 0.6) is 0 Å². The Morgan fingerprint density at radius 3 is 2.65 bits per heavy atom. The van der Waals surface area contributed by atoms with E-state index in [4.69, 9.17) is 0 Å². The van der Waals surface area contributed by atoms with E-state index < -0.39 is 10.0 Å². The number of allylic oxidation sites excluding steroid dienone is 6. The minimum Gasteiger partial charge on any atom is -0.211 e. The highest BCUT2D eigenvalue weighted by Crippen LogP contribution is 2.52. The van der Waals surface area contributed by atoms with Gasteiger partial charge in [0.1, 0.15) is 0 Å². The Morgan fingerprint density at radius 2 is 1.95 bits per heavy atom. The van der Waals surface area contributed by atoms with E-state index in [0.29, 0.717) is 23.3 Å². The molecule has 3 aliphatic rings. The van der Waals surface area contributed by atoms with Crippen LogP contribution in [-0.2, 0) is 10.0 Å². The average molecular weight is 285 g/mol. The maximum absolute atomic E-state index is 12.2. The lowest BCUT2D eigenvalue weighted by Gasteiger charge is -2.22. The van der Waals surface area contributed by atoms with Gasteiger partial charge in [-0.1, -0.05) is 36.4 Å². The summed E-state index contributed by atoms with van der Waals surface area (Å²) in [6.45, 7) is 0.508. The van der Waals surface area contributed by atoms with Crippen molar-refractivity contribution in [3.63, 3.8) is 0 Å². The molecule has 0 spiro atoms. The highest BCUT2D eigenvalue weighted by atomic mass is 32.2. The molecule has 1 aromatic rings. The van der Waals surface area contributed by atoms with Gasteiger partial charge in [-0.3, -0.25) is 0 Å². The Morgan fingerprint density at radius 1 is 1.15 bits per heavy atom. The second-order valence-electron chi connectivity index (χ2n) is 5.57. The highest BCUT2D eigenvalue weighted by Gasteiger charge is 2.41. The first-order chi connectivity index (χ1) is 9.65. The minimum absolute atomic E-state index is 0.337. The van der Waals surface area contributed by atoms with Gasteiger partial charge in [0.25, 0.3) is 0 Å². The molecule has 1 N–H and O–H groups in total. The SMILES string of the molecule is O=S(=O)(NCC1CC2=C3C=CC(=C2)C31)c1ccccc1. The summed E-state index contributed by atoms with van der Waals surface area (Å²) in [5, 5.41) is 0. The Balaban J connectivity index is 1.47. The van der Waals surface area contributed by atoms with Gasteiger partial charge < -0.3 is 0 Å². The summed E-state index contributed by atoms with van der Waals surface area (Å²) in [7, 11) is -3.39. The van der Waals surface area contributed by atoms with Crippen molar-refractivity contribution in [3.8, 4) is 0 Å². The predicted octanol–water partition coefficient (Wildman–Crippen LogP) is 2.41. The van der Waals surface area contributed by atoms with E-state index in [9.17, 15) is 8.42 Å². The van der Waals surface area contributed by atoms with Crippen LogP contribution < -0.4 is 4.72 Å². The first kappa shape index (κ1) is 12.1. The molecule has 20 heavy (non-hydrogen) atoms. The summed E-state index contributed by atoms with van der Waals surface area (Å²) < 4.78 is 27.2. The monoisotopic (exact) mass is 285 g/mol. The van der Waals surface area contributed by atoms with Crippen LogP contribution in [0.2, 0.25) is 0 Å². The zero-order valence-corrected chi connectivity index (χ0v) is 11.7. The van der Waals surface area contributed by atoms with E-state index in [1.54, 1.807) is 24.3 Å². The zero-order valence-electron chi connectivity index (χ0n) is 10.9. The number of nitrogens with one attached hydrogen (secondary N) is 1. The number of benzene rings is 1. The van der Waals surface area contributed by atoms with Crippen molar-refractivity contribution in [2.24, 2.45) is 11.8 Å². The molecule has 102 valence electrons. The summed E-state index contributed by atoms with van der Waals surface area (Å²) in [5.41, 5.74) is 4.16. The average Bonchev–Trinajstić information content (AvgIpc) is 3.13. The Bertz CT molecular complexity index is 757. The molecular formula is C16H15NO2S. The number of hydrogen-bond acceptors (Lipinski definition) is 2. The van der Waals surface area contributed by atoms with Crippen molar-refractivity contribution in [1.82, 2.24) is 4.72 Å². The van der Waals surface area contributed by atoms with Crippen molar-refractivity contribution in [2.45, 2.75) is 11.3 Å². The van der Waals surface area contributed by atoms with Crippen molar-refractivity contribution >= 4 is 10.0 Å². The van der Waals surface area contributed by atoms with Gasteiger partial charge in [0.05, 0.1) is 4.90 Å². The van der Waals surface area contributed by atoms with Gasteiger partial charge in [0.2, 0.25) is 10.0 Å². The van der Waals surface area contributed by atoms with Gasteiger partial charge in [0.15, 0.2) is 0 Å². The third kappa shape index (κ3) is 1.72. The predicted molar refractivity (Wildman–Crippen MR) is 77.5 cm³/mol. The lowest BCUT2D eigenvalue weighted by molar-refractivity contribution is 0.453. The topological polar surface area (TPSA) is 46.2 Å². The third-order valence-electron chi connectivity index (χ3n) is 4.40. The number of hydrogen-bond donors (Lipinski definition) is 1. The van der Waals surface area contributed by atoms with Gasteiger partial charge in [-0.05, 0) is 41.2 Å². The molecule has 3 aliphatic carbocycles. The zero-order chi connectivity index (χ0) is 13.7. The second kappa shape index (κ2) is 4.17. The van der Waals surface area contributed by atoms with Gasteiger partial charge in [-0.25, -0.2) is 13.1 Å². The van der Waals surface area contributed by atoms with E-state index in [-0.39, 0.29) is 0 Å².